The van der Waals surface area contributed by atoms with Crippen molar-refractivity contribution < 1.29 is 29.6 Å². The van der Waals surface area contributed by atoms with Gasteiger partial charge in [-0.3, -0.25) is 0 Å². The molecule has 0 saturated carbocycles. The van der Waals surface area contributed by atoms with Gasteiger partial charge >= 0.3 is 5.97 Å². The lowest BCUT2D eigenvalue weighted by atomic mass is 10.0. The molecule has 0 aliphatic rings. The van der Waals surface area contributed by atoms with E-state index in [-0.39, 0.29) is 31.1 Å². The molecule has 1 aromatic heterocycles. The number of benzene rings is 3. The number of phenolic OH excluding ortho intramolecular Hbond substituents is 2. The molecule has 7 heteroatoms. The number of carbonyl (C=O) groups excluding carboxylic acids is 1. The zero-order valence-electron chi connectivity index (χ0n) is 21.9. The number of fused-ring (bicyclic) bond motifs is 1. The van der Waals surface area contributed by atoms with Crippen LogP contribution in [0, 0.1) is 0 Å². The van der Waals surface area contributed by atoms with Gasteiger partial charge in [0.1, 0.15) is 18.1 Å². The van der Waals surface area contributed by atoms with Gasteiger partial charge in [0.2, 0.25) is 0 Å². The van der Waals surface area contributed by atoms with Crippen molar-refractivity contribution in [3.63, 3.8) is 0 Å². The van der Waals surface area contributed by atoms with E-state index >= 15 is 0 Å². The second-order valence-corrected chi connectivity index (χ2v) is 9.61. The van der Waals surface area contributed by atoms with E-state index in [1.54, 1.807) is 43.5 Å². The Morgan fingerprint density at radius 1 is 1.00 bits per heavy atom. The van der Waals surface area contributed by atoms with Crippen molar-refractivity contribution >= 4 is 16.9 Å². The highest BCUT2D eigenvalue weighted by molar-refractivity contribution is 5.89. The van der Waals surface area contributed by atoms with E-state index in [1.165, 1.54) is 0 Å². The number of aliphatic hydroxyl groups is 1. The maximum Gasteiger partial charge on any atom is 0.338 e. The minimum Gasteiger partial charge on any atom is -0.507 e. The molecule has 0 aliphatic heterocycles. The molecule has 0 amide bonds. The standard InChI is InChI=1S/C31H35NO6/c1-3-4-8-21-14-29(34)27(30(35)15-21)18-32-17-24(26-13-22(19-37-2)11-12-28(26)32)16-25(33)20-38-31(36)23-9-6-5-7-10-23/h5-7,9-15,17,25,33-35H,3-4,8,16,18-20H2,1-2H3/t25-/m0/s1. The van der Waals surface area contributed by atoms with Crippen molar-refractivity contribution in [3.8, 4) is 11.5 Å². The molecule has 3 aromatic carbocycles. The Kier molecular flexibility index (Phi) is 9.05. The number of aromatic nitrogens is 1. The minimum absolute atomic E-state index is 0.0587. The summed E-state index contributed by atoms with van der Waals surface area (Å²) in [7, 11) is 1.64. The fourth-order valence-corrected chi connectivity index (χ4v) is 4.67. The van der Waals surface area contributed by atoms with Crippen LogP contribution in [0.25, 0.3) is 10.9 Å². The zero-order valence-corrected chi connectivity index (χ0v) is 21.9. The summed E-state index contributed by atoms with van der Waals surface area (Å²) in [5, 5.41) is 33.1. The van der Waals surface area contributed by atoms with Crippen molar-refractivity contribution in [2.24, 2.45) is 0 Å². The predicted molar refractivity (Wildman–Crippen MR) is 147 cm³/mol. The van der Waals surface area contributed by atoms with E-state index in [0.717, 1.165) is 46.9 Å². The van der Waals surface area contributed by atoms with Gasteiger partial charge in [-0.25, -0.2) is 4.79 Å². The van der Waals surface area contributed by atoms with Gasteiger partial charge in [-0.1, -0.05) is 37.6 Å². The van der Waals surface area contributed by atoms with Crippen LogP contribution in [0.5, 0.6) is 11.5 Å². The third kappa shape index (κ3) is 6.54. The van der Waals surface area contributed by atoms with Crippen molar-refractivity contribution in [1.82, 2.24) is 4.57 Å². The Morgan fingerprint density at radius 2 is 1.74 bits per heavy atom. The average molecular weight is 518 g/mol. The fraction of sp³-hybridized carbons (Fsp3) is 0.323. The van der Waals surface area contributed by atoms with E-state index in [9.17, 15) is 20.1 Å². The molecular weight excluding hydrogens is 482 g/mol. The molecule has 0 saturated heterocycles. The van der Waals surface area contributed by atoms with Crippen molar-refractivity contribution in [2.75, 3.05) is 13.7 Å². The summed E-state index contributed by atoms with van der Waals surface area (Å²) >= 11 is 0. The molecule has 4 rings (SSSR count). The smallest absolute Gasteiger partial charge is 0.338 e. The van der Waals surface area contributed by atoms with Crippen LogP contribution in [-0.4, -0.2) is 45.7 Å². The van der Waals surface area contributed by atoms with Gasteiger partial charge in [-0.05, 0) is 65.9 Å². The number of phenols is 2. The first-order valence-electron chi connectivity index (χ1n) is 12.9. The molecule has 38 heavy (non-hydrogen) atoms. The first-order chi connectivity index (χ1) is 18.4. The number of carbonyl (C=O) groups is 1. The van der Waals surface area contributed by atoms with E-state index < -0.39 is 12.1 Å². The summed E-state index contributed by atoms with van der Waals surface area (Å²) in [6.45, 7) is 2.66. The second-order valence-electron chi connectivity index (χ2n) is 9.61. The number of esters is 1. The van der Waals surface area contributed by atoms with Gasteiger partial charge in [-0.2, -0.15) is 0 Å². The predicted octanol–water partition coefficient (Wildman–Crippen LogP) is 5.35. The van der Waals surface area contributed by atoms with Gasteiger partial charge in [0.15, 0.2) is 0 Å². The van der Waals surface area contributed by atoms with E-state index in [2.05, 4.69) is 6.92 Å². The van der Waals surface area contributed by atoms with Gasteiger partial charge in [0.05, 0.1) is 30.4 Å². The highest BCUT2D eigenvalue weighted by Gasteiger charge is 2.18. The quantitative estimate of drug-likeness (QED) is 0.219. The highest BCUT2D eigenvalue weighted by Crippen LogP contribution is 2.33. The molecule has 200 valence electrons. The summed E-state index contributed by atoms with van der Waals surface area (Å²) in [5.74, 6) is -0.366. The number of methoxy groups -OCH3 is 1. The largest absolute Gasteiger partial charge is 0.507 e. The molecule has 0 radical (unpaired) electrons. The van der Waals surface area contributed by atoms with E-state index in [4.69, 9.17) is 9.47 Å². The van der Waals surface area contributed by atoms with Gasteiger partial charge in [0.25, 0.3) is 0 Å². The summed E-state index contributed by atoms with van der Waals surface area (Å²) in [6.07, 6.45) is 4.07. The number of unbranched alkanes of at least 4 members (excludes halogenated alkanes) is 1. The maximum absolute atomic E-state index is 12.3. The van der Waals surface area contributed by atoms with Crippen LogP contribution < -0.4 is 0 Å². The van der Waals surface area contributed by atoms with Gasteiger partial charge < -0.3 is 29.4 Å². The topological polar surface area (TPSA) is 101 Å². The van der Waals surface area contributed by atoms with Crippen LogP contribution in [0.1, 0.15) is 52.4 Å². The van der Waals surface area contributed by atoms with Crippen LogP contribution in [0.4, 0.5) is 0 Å². The molecule has 0 aliphatic carbocycles. The molecule has 0 spiro atoms. The van der Waals surface area contributed by atoms with Crippen LogP contribution in [0.15, 0.2) is 66.9 Å². The first-order valence-corrected chi connectivity index (χ1v) is 12.9. The molecule has 0 fully saturated rings. The molecule has 4 aromatic rings. The fourth-order valence-electron chi connectivity index (χ4n) is 4.67. The summed E-state index contributed by atoms with van der Waals surface area (Å²) in [6, 6.07) is 18.1. The van der Waals surface area contributed by atoms with Crippen molar-refractivity contribution in [1.29, 1.82) is 0 Å². The third-order valence-corrected chi connectivity index (χ3v) is 6.62. The number of aromatic hydroxyl groups is 2. The summed E-state index contributed by atoms with van der Waals surface area (Å²) in [5.41, 5.74) is 4.51. The van der Waals surface area contributed by atoms with Crippen LogP contribution in [-0.2, 0) is 35.5 Å². The molecule has 0 bridgehead atoms. The number of aryl methyl sites for hydroxylation is 1. The molecule has 1 atom stereocenters. The van der Waals surface area contributed by atoms with Crippen molar-refractivity contribution in [3.05, 3.63) is 94.7 Å². The zero-order chi connectivity index (χ0) is 27.1. The monoisotopic (exact) mass is 517 g/mol. The SMILES string of the molecule is CCCCc1cc(O)c(Cn2cc(C[C@H](O)COC(=O)c3ccccc3)c3cc(COC)ccc32)c(O)c1. The molecule has 1 heterocycles. The third-order valence-electron chi connectivity index (χ3n) is 6.62. The Balaban J connectivity index is 1.57. The minimum atomic E-state index is -0.910. The average Bonchev–Trinajstić information content (AvgIpc) is 3.24. The molecule has 7 nitrogen and oxygen atoms in total. The highest BCUT2D eigenvalue weighted by atomic mass is 16.5. The number of ether oxygens (including phenoxy) is 2. The molecule has 3 N–H and O–H groups in total. The summed E-state index contributed by atoms with van der Waals surface area (Å²) < 4.78 is 12.6. The van der Waals surface area contributed by atoms with E-state index in [1.807, 2.05) is 35.0 Å². The maximum atomic E-state index is 12.3. The van der Waals surface area contributed by atoms with Gasteiger partial charge in [0, 0.05) is 30.6 Å². The Morgan fingerprint density at radius 3 is 2.42 bits per heavy atom. The van der Waals surface area contributed by atoms with Crippen LogP contribution in [0.2, 0.25) is 0 Å². The normalized spacial score (nSPS) is 12.1. The first kappa shape index (κ1) is 27.2. The van der Waals surface area contributed by atoms with E-state index in [0.29, 0.717) is 17.7 Å². The lowest BCUT2D eigenvalue weighted by Gasteiger charge is -2.12. The number of rotatable bonds is 12. The Bertz CT molecular complexity index is 1360. The number of hydrogen-bond donors (Lipinski definition) is 3. The Hall–Kier alpha value is -3.81. The second kappa shape index (κ2) is 12.6. The lowest BCUT2D eigenvalue weighted by Crippen LogP contribution is -2.21. The molecular formula is C31H35NO6. The molecule has 0 unspecified atom stereocenters. The number of nitrogens with zero attached hydrogens (tertiary/aromatic N) is 1. The lowest BCUT2D eigenvalue weighted by molar-refractivity contribution is 0.0259. The number of aliphatic hydroxyl groups excluding tert-OH is 1. The summed E-state index contributed by atoms with van der Waals surface area (Å²) in [4.78, 5) is 12.3. The number of hydrogen-bond acceptors (Lipinski definition) is 6. The van der Waals surface area contributed by atoms with Crippen LogP contribution in [0.3, 0.4) is 0 Å². The van der Waals surface area contributed by atoms with Crippen molar-refractivity contribution in [2.45, 2.75) is 51.9 Å². The van der Waals surface area contributed by atoms with Gasteiger partial charge in [-0.15, -0.1) is 0 Å². The Labute approximate surface area is 222 Å². The van der Waals surface area contributed by atoms with Crippen LogP contribution >= 0.6 is 0 Å².